The Labute approximate surface area is 196 Å². The van der Waals surface area contributed by atoms with E-state index in [1.54, 1.807) is 30.1 Å². The van der Waals surface area contributed by atoms with Crippen LogP contribution >= 0.6 is 31.9 Å². The van der Waals surface area contributed by atoms with E-state index in [9.17, 15) is 4.79 Å². The van der Waals surface area contributed by atoms with Gasteiger partial charge in [-0.25, -0.2) is 0 Å². The minimum absolute atomic E-state index is 0.261. The molecule has 4 aromatic rings. The van der Waals surface area contributed by atoms with Crippen LogP contribution in [0.4, 0.5) is 5.69 Å². The number of hydrogen-bond donors (Lipinski definition) is 1. The third-order valence-corrected chi connectivity index (χ3v) is 5.62. The van der Waals surface area contributed by atoms with Crippen molar-refractivity contribution >= 4 is 60.6 Å². The van der Waals surface area contributed by atoms with E-state index in [-0.39, 0.29) is 5.91 Å². The number of aryl methyl sites for hydroxylation is 1. The third kappa shape index (κ3) is 4.86. The average molecular weight is 542 g/mol. The van der Waals surface area contributed by atoms with Crippen LogP contribution in [0.1, 0.15) is 11.1 Å². The predicted octanol–water partition coefficient (Wildman–Crippen LogP) is 5.91. The van der Waals surface area contributed by atoms with E-state index in [1.165, 1.54) is 11.6 Å². The molecule has 1 N–H and O–H groups in total. The Morgan fingerprint density at radius 3 is 2.52 bits per heavy atom. The topological polar surface area (TPSA) is 69.0 Å². The van der Waals surface area contributed by atoms with E-state index in [2.05, 4.69) is 47.4 Å². The van der Waals surface area contributed by atoms with Gasteiger partial charge in [0.25, 0.3) is 0 Å². The molecule has 156 valence electrons. The molecule has 8 heteroatoms. The zero-order chi connectivity index (χ0) is 22.0. The summed E-state index contributed by atoms with van der Waals surface area (Å²) in [5, 5.41) is 11.9. The average Bonchev–Trinajstić information content (AvgIpc) is 3.16. The summed E-state index contributed by atoms with van der Waals surface area (Å²) in [4.78, 5) is 14.0. The first-order valence-electron chi connectivity index (χ1n) is 9.39. The Morgan fingerprint density at radius 1 is 1.03 bits per heavy atom. The summed E-state index contributed by atoms with van der Waals surface area (Å²) in [7, 11) is 1.59. The van der Waals surface area contributed by atoms with Crippen LogP contribution in [0.25, 0.3) is 22.8 Å². The molecule has 0 aliphatic heterocycles. The molecule has 0 unspecified atom stereocenters. The number of rotatable bonds is 5. The number of aromatic nitrogens is 3. The van der Waals surface area contributed by atoms with Crippen molar-refractivity contribution in [1.29, 1.82) is 0 Å². The standard InChI is InChI=1S/C23H18Br2N4O2/c1-14-3-7-18(8-4-14)29-27-20-9-6-17(13-21(20)28-29)26-22(30)10-5-15-11-16(24)12-19(25)23(15)31-2/h3-13H,1-2H3,(H,26,30)/b10-5+. The molecule has 1 heterocycles. The van der Waals surface area contributed by atoms with Crippen LogP contribution in [-0.2, 0) is 4.79 Å². The first kappa shape index (κ1) is 21.3. The van der Waals surface area contributed by atoms with Gasteiger partial charge < -0.3 is 10.1 Å². The van der Waals surface area contributed by atoms with Crippen LogP contribution in [-0.4, -0.2) is 28.0 Å². The van der Waals surface area contributed by atoms with Crippen LogP contribution < -0.4 is 10.1 Å². The van der Waals surface area contributed by atoms with Gasteiger partial charge in [-0.1, -0.05) is 33.6 Å². The van der Waals surface area contributed by atoms with E-state index in [0.717, 1.165) is 25.7 Å². The van der Waals surface area contributed by atoms with Gasteiger partial charge in [0.1, 0.15) is 16.8 Å². The Balaban J connectivity index is 1.53. The third-order valence-electron chi connectivity index (χ3n) is 4.57. The molecular formula is C23H18Br2N4O2. The second-order valence-electron chi connectivity index (χ2n) is 6.86. The molecule has 4 rings (SSSR count). The zero-order valence-corrected chi connectivity index (χ0v) is 19.9. The summed E-state index contributed by atoms with van der Waals surface area (Å²) in [5.41, 5.74) is 4.91. The number of carbonyl (C=O) groups is 1. The first-order valence-corrected chi connectivity index (χ1v) is 11.0. The van der Waals surface area contributed by atoms with Gasteiger partial charge in [0, 0.05) is 21.8 Å². The lowest BCUT2D eigenvalue weighted by Gasteiger charge is -2.08. The van der Waals surface area contributed by atoms with Crippen molar-refractivity contribution in [1.82, 2.24) is 15.0 Å². The van der Waals surface area contributed by atoms with Gasteiger partial charge in [-0.3, -0.25) is 4.79 Å². The largest absolute Gasteiger partial charge is 0.495 e. The molecule has 0 spiro atoms. The smallest absolute Gasteiger partial charge is 0.248 e. The van der Waals surface area contributed by atoms with Crippen molar-refractivity contribution in [3.8, 4) is 11.4 Å². The molecule has 0 aliphatic carbocycles. The molecule has 0 saturated carbocycles. The van der Waals surface area contributed by atoms with Crippen molar-refractivity contribution < 1.29 is 9.53 Å². The highest BCUT2D eigenvalue weighted by Crippen LogP contribution is 2.33. The Bertz CT molecular complexity index is 1300. The van der Waals surface area contributed by atoms with E-state index in [1.807, 2.05) is 49.4 Å². The van der Waals surface area contributed by atoms with Crippen molar-refractivity contribution in [3.05, 3.63) is 80.7 Å². The van der Waals surface area contributed by atoms with Crippen molar-refractivity contribution in [2.24, 2.45) is 0 Å². The van der Waals surface area contributed by atoms with Gasteiger partial charge in [-0.05, 0) is 71.4 Å². The number of fused-ring (bicyclic) bond motifs is 1. The minimum Gasteiger partial charge on any atom is -0.495 e. The second-order valence-corrected chi connectivity index (χ2v) is 8.63. The fourth-order valence-corrected chi connectivity index (χ4v) is 4.47. The van der Waals surface area contributed by atoms with Crippen LogP contribution in [0, 0.1) is 6.92 Å². The quantitative estimate of drug-likeness (QED) is 0.319. The van der Waals surface area contributed by atoms with Crippen molar-refractivity contribution in [2.45, 2.75) is 6.92 Å². The molecule has 0 saturated heterocycles. The Hall–Kier alpha value is -2.97. The number of nitrogens with zero attached hydrogens (tertiary/aromatic N) is 3. The molecular weight excluding hydrogens is 524 g/mol. The fourth-order valence-electron chi connectivity index (χ4n) is 3.05. The van der Waals surface area contributed by atoms with E-state index < -0.39 is 0 Å². The summed E-state index contributed by atoms with van der Waals surface area (Å²) in [6, 6.07) is 17.2. The Kier molecular flexibility index (Phi) is 6.20. The molecule has 6 nitrogen and oxygen atoms in total. The Morgan fingerprint density at radius 2 is 1.77 bits per heavy atom. The lowest BCUT2D eigenvalue weighted by atomic mass is 10.2. The molecule has 1 amide bonds. The molecule has 0 bridgehead atoms. The van der Waals surface area contributed by atoms with Gasteiger partial charge in [-0.15, -0.1) is 10.2 Å². The van der Waals surface area contributed by atoms with E-state index in [4.69, 9.17) is 4.74 Å². The maximum absolute atomic E-state index is 12.4. The summed E-state index contributed by atoms with van der Waals surface area (Å²) >= 11 is 6.91. The highest BCUT2D eigenvalue weighted by molar-refractivity contribution is 9.11. The van der Waals surface area contributed by atoms with Gasteiger partial charge in [0.15, 0.2) is 0 Å². The van der Waals surface area contributed by atoms with Gasteiger partial charge in [0.2, 0.25) is 5.91 Å². The van der Waals surface area contributed by atoms with Crippen LogP contribution in [0.5, 0.6) is 5.75 Å². The number of benzene rings is 3. The molecule has 31 heavy (non-hydrogen) atoms. The van der Waals surface area contributed by atoms with Gasteiger partial charge >= 0.3 is 0 Å². The maximum atomic E-state index is 12.4. The van der Waals surface area contributed by atoms with E-state index in [0.29, 0.717) is 17.0 Å². The number of ether oxygens (including phenoxy) is 1. The second kappa shape index (κ2) is 9.03. The number of anilines is 1. The number of halogens is 2. The monoisotopic (exact) mass is 540 g/mol. The lowest BCUT2D eigenvalue weighted by Crippen LogP contribution is -2.07. The maximum Gasteiger partial charge on any atom is 0.248 e. The van der Waals surface area contributed by atoms with Gasteiger partial charge in [0.05, 0.1) is 17.3 Å². The van der Waals surface area contributed by atoms with Crippen molar-refractivity contribution in [3.63, 3.8) is 0 Å². The van der Waals surface area contributed by atoms with Crippen LogP contribution in [0.15, 0.2) is 69.6 Å². The lowest BCUT2D eigenvalue weighted by molar-refractivity contribution is -0.111. The summed E-state index contributed by atoms with van der Waals surface area (Å²) < 4.78 is 7.08. The summed E-state index contributed by atoms with van der Waals surface area (Å²) in [6.07, 6.45) is 3.17. The molecule has 0 radical (unpaired) electrons. The molecule has 0 aliphatic rings. The summed E-state index contributed by atoms with van der Waals surface area (Å²) in [5.74, 6) is 0.393. The molecule has 3 aromatic carbocycles. The molecule has 0 atom stereocenters. The first-order chi connectivity index (χ1) is 14.9. The van der Waals surface area contributed by atoms with Crippen LogP contribution in [0.3, 0.4) is 0 Å². The minimum atomic E-state index is -0.261. The van der Waals surface area contributed by atoms with Crippen molar-refractivity contribution in [2.75, 3.05) is 12.4 Å². The van der Waals surface area contributed by atoms with E-state index >= 15 is 0 Å². The van der Waals surface area contributed by atoms with Crippen LogP contribution in [0.2, 0.25) is 0 Å². The number of nitrogens with one attached hydrogen (secondary N) is 1. The number of hydrogen-bond acceptors (Lipinski definition) is 4. The predicted molar refractivity (Wildman–Crippen MR) is 130 cm³/mol. The number of amides is 1. The fraction of sp³-hybridized carbons (Fsp3) is 0.0870. The highest BCUT2D eigenvalue weighted by Gasteiger charge is 2.09. The SMILES string of the molecule is COc1c(Br)cc(Br)cc1/C=C/C(=O)Nc1ccc2nn(-c3ccc(C)cc3)nc2c1. The summed E-state index contributed by atoms with van der Waals surface area (Å²) in [6.45, 7) is 2.03. The highest BCUT2D eigenvalue weighted by atomic mass is 79.9. The zero-order valence-electron chi connectivity index (χ0n) is 16.8. The normalized spacial score (nSPS) is 11.2. The van der Waals surface area contributed by atoms with Gasteiger partial charge in [-0.2, -0.15) is 4.80 Å². The molecule has 1 aromatic heterocycles. The number of methoxy groups -OCH3 is 1. The molecule has 0 fully saturated rings. The number of carbonyl (C=O) groups excluding carboxylic acids is 1.